The van der Waals surface area contributed by atoms with Gasteiger partial charge in [-0.2, -0.15) is 0 Å². The monoisotopic (exact) mass is 426 g/mol. The summed E-state index contributed by atoms with van der Waals surface area (Å²) in [4.78, 5) is 17.8. The van der Waals surface area contributed by atoms with Crippen LogP contribution in [0, 0.1) is 0 Å². The van der Waals surface area contributed by atoms with Gasteiger partial charge in [0.15, 0.2) is 17.5 Å². The molecule has 29 heavy (non-hydrogen) atoms. The summed E-state index contributed by atoms with van der Waals surface area (Å²) in [6.45, 7) is 6.49. The number of hydrogen-bond donors (Lipinski definition) is 2. The summed E-state index contributed by atoms with van der Waals surface area (Å²) in [7, 11) is 3.32. The summed E-state index contributed by atoms with van der Waals surface area (Å²) >= 11 is 6.34. The number of methoxy groups -OCH3 is 1. The lowest BCUT2D eigenvalue weighted by molar-refractivity contribution is 0.0963. The molecule has 9 heteroatoms. The van der Waals surface area contributed by atoms with E-state index in [0.717, 1.165) is 18.4 Å². The summed E-state index contributed by atoms with van der Waals surface area (Å²) in [5.41, 5.74) is 0.954. The lowest BCUT2D eigenvalue weighted by Crippen LogP contribution is -2.49. The normalized spacial score (nSPS) is 15.1. The smallest absolute Gasteiger partial charge is 0.409 e. The zero-order valence-electron chi connectivity index (χ0n) is 17.6. The van der Waals surface area contributed by atoms with E-state index in [4.69, 9.17) is 25.8 Å². The minimum absolute atomic E-state index is 0.241. The molecule has 1 aliphatic heterocycles. The Bertz CT molecular complexity index is 706. The molecule has 0 aliphatic carbocycles. The highest BCUT2D eigenvalue weighted by atomic mass is 35.5. The van der Waals surface area contributed by atoms with Crippen LogP contribution in [0.25, 0.3) is 0 Å². The lowest BCUT2D eigenvalue weighted by atomic mass is 10.1. The van der Waals surface area contributed by atoms with Gasteiger partial charge in [0.25, 0.3) is 0 Å². The Kier molecular flexibility index (Phi) is 9.18. The largest absolute Gasteiger partial charge is 0.493 e. The van der Waals surface area contributed by atoms with Crippen molar-refractivity contribution in [2.75, 3.05) is 40.5 Å². The Morgan fingerprint density at radius 3 is 2.59 bits per heavy atom. The second kappa shape index (κ2) is 11.6. The Balaban J connectivity index is 1.88. The summed E-state index contributed by atoms with van der Waals surface area (Å²) in [6.07, 6.45) is 1.43. The molecule has 1 fully saturated rings. The minimum atomic E-state index is -0.241. The number of likely N-dealkylation sites (tertiary alicyclic amines) is 1. The third-order valence-electron chi connectivity index (χ3n) is 4.62. The number of nitrogens with one attached hydrogen (secondary N) is 2. The third-order valence-corrected chi connectivity index (χ3v) is 4.90. The van der Waals surface area contributed by atoms with Crippen LogP contribution in [0.4, 0.5) is 4.79 Å². The van der Waals surface area contributed by atoms with Crippen molar-refractivity contribution >= 4 is 23.7 Å². The van der Waals surface area contributed by atoms with Crippen LogP contribution in [0.2, 0.25) is 5.02 Å². The second-order valence-corrected chi connectivity index (χ2v) is 6.98. The van der Waals surface area contributed by atoms with E-state index in [1.54, 1.807) is 19.1 Å². The summed E-state index contributed by atoms with van der Waals surface area (Å²) in [5, 5.41) is 7.22. The number of hydrogen-bond acceptors (Lipinski definition) is 5. The van der Waals surface area contributed by atoms with Gasteiger partial charge in [-0.3, -0.25) is 4.99 Å². The molecule has 1 aromatic carbocycles. The van der Waals surface area contributed by atoms with Gasteiger partial charge in [-0.25, -0.2) is 4.79 Å². The fraction of sp³-hybridized carbons (Fsp3) is 0.600. The van der Waals surface area contributed by atoms with E-state index < -0.39 is 0 Å². The maximum absolute atomic E-state index is 11.8. The SMILES string of the molecule is CCOC(=O)N1CCC(NC(=NC)NCc2cc(Cl)c(OCC)c(OC)c2)CC1. The zero-order chi connectivity index (χ0) is 21.2. The van der Waals surface area contributed by atoms with Crippen molar-refractivity contribution in [3.8, 4) is 11.5 Å². The molecule has 2 N–H and O–H groups in total. The molecule has 162 valence electrons. The van der Waals surface area contributed by atoms with Crippen LogP contribution in [-0.4, -0.2) is 63.5 Å². The number of guanidine groups is 1. The standard InChI is InChI=1S/C20H31ClN4O4/c1-5-28-18-16(21)11-14(12-17(18)27-4)13-23-19(22-3)24-15-7-9-25(10-8-15)20(26)29-6-2/h11-12,15H,5-10,13H2,1-4H3,(H2,22,23,24). The zero-order valence-corrected chi connectivity index (χ0v) is 18.3. The average Bonchev–Trinajstić information content (AvgIpc) is 2.73. The van der Waals surface area contributed by atoms with Gasteiger partial charge in [-0.1, -0.05) is 11.6 Å². The number of benzene rings is 1. The first-order valence-corrected chi connectivity index (χ1v) is 10.3. The van der Waals surface area contributed by atoms with Gasteiger partial charge in [-0.05, 0) is 44.4 Å². The van der Waals surface area contributed by atoms with Crippen molar-refractivity contribution in [3.63, 3.8) is 0 Å². The number of carbonyl (C=O) groups excluding carboxylic acids is 1. The van der Waals surface area contributed by atoms with Crippen LogP contribution in [0.15, 0.2) is 17.1 Å². The fourth-order valence-corrected chi connectivity index (χ4v) is 3.44. The Labute approximate surface area is 177 Å². The number of aliphatic imine (C=N–C) groups is 1. The lowest BCUT2D eigenvalue weighted by Gasteiger charge is -2.32. The highest BCUT2D eigenvalue weighted by Gasteiger charge is 2.24. The molecule has 2 rings (SSSR count). The highest BCUT2D eigenvalue weighted by molar-refractivity contribution is 6.32. The maximum atomic E-state index is 11.8. The van der Waals surface area contributed by atoms with Gasteiger partial charge < -0.3 is 29.7 Å². The Hall–Kier alpha value is -2.35. The molecule has 0 aromatic heterocycles. The first-order valence-electron chi connectivity index (χ1n) is 9.90. The van der Waals surface area contributed by atoms with E-state index in [1.807, 2.05) is 26.0 Å². The summed E-state index contributed by atoms with van der Waals surface area (Å²) in [6, 6.07) is 3.99. The van der Waals surface area contributed by atoms with Crippen molar-refractivity contribution in [1.82, 2.24) is 15.5 Å². The molecule has 1 aliphatic rings. The number of piperidine rings is 1. The first-order chi connectivity index (χ1) is 14.0. The summed E-state index contributed by atoms with van der Waals surface area (Å²) in [5.74, 6) is 1.85. The molecule has 0 atom stereocenters. The second-order valence-electron chi connectivity index (χ2n) is 6.57. The van der Waals surface area contributed by atoms with Crippen LogP contribution in [-0.2, 0) is 11.3 Å². The van der Waals surface area contributed by atoms with Gasteiger partial charge in [0.1, 0.15) is 0 Å². The molecule has 1 saturated heterocycles. The molecule has 0 bridgehead atoms. The van der Waals surface area contributed by atoms with Crippen LogP contribution >= 0.6 is 11.6 Å². The predicted molar refractivity (Wildman–Crippen MR) is 114 cm³/mol. The molecule has 1 heterocycles. The van der Waals surface area contributed by atoms with Crippen LogP contribution in [0.5, 0.6) is 11.5 Å². The van der Waals surface area contributed by atoms with Gasteiger partial charge in [0.05, 0.1) is 25.3 Å². The molecule has 0 spiro atoms. The van der Waals surface area contributed by atoms with Gasteiger partial charge in [0, 0.05) is 32.7 Å². The molecule has 8 nitrogen and oxygen atoms in total. The first kappa shape index (κ1) is 22.9. The van der Waals surface area contributed by atoms with Crippen LogP contribution < -0.4 is 20.1 Å². The van der Waals surface area contributed by atoms with Crippen LogP contribution in [0.3, 0.4) is 0 Å². The van der Waals surface area contributed by atoms with E-state index in [1.165, 1.54) is 0 Å². The molecular formula is C20H31ClN4O4. The van der Waals surface area contributed by atoms with Gasteiger partial charge in [0.2, 0.25) is 0 Å². The Morgan fingerprint density at radius 2 is 2.00 bits per heavy atom. The number of halogens is 1. The van der Waals surface area contributed by atoms with Crippen molar-refractivity contribution in [2.24, 2.45) is 4.99 Å². The quantitative estimate of drug-likeness (QED) is 0.515. The van der Waals surface area contributed by atoms with Crippen molar-refractivity contribution < 1.29 is 19.0 Å². The molecule has 0 unspecified atom stereocenters. The van der Waals surface area contributed by atoms with E-state index >= 15 is 0 Å². The van der Waals surface area contributed by atoms with Crippen molar-refractivity contribution in [3.05, 3.63) is 22.7 Å². The van der Waals surface area contributed by atoms with E-state index in [9.17, 15) is 4.79 Å². The van der Waals surface area contributed by atoms with E-state index in [2.05, 4.69) is 15.6 Å². The number of nitrogens with zero attached hydrogens (tertiary/aromatic N) is 2. The van der Waals surface area contributed by atoms with E-state index in [-0.39, 0.29) is 12.1 Å². The predicted octanol–water partition coefficient (Wildman–Crippen LogP) is 3.03. The molecular weight excluding hydrogens is 396 g/mol. The third kappa shape index (κ3) is 6.59. The molecule has 0 saturated carbocycles. The topological polar surface area (TPSA) is 84.4 Å². The van der Waals surface area contributed by atoms with Gasteiger partial charge in [-0.15, -0.1) is 0 Å². The number of rotatable bonds is 7. The van der Waals surface area contributed by atoms with Crippen molar-refractivity contribution in [2.45, 2.75) is 39.3 Å². The molecule has 1 amide bonds. The molecule has 1 aromatic rings. The number of ether oxygens (including phenoxy) is 3. The maximum Gasteiger partial charge on any atom is 0.409 e. The Morgan fingerprint density at radius 1 is 1.28 bits per heavy atom. The highest BCUT2D eigenvalue weighted by Crippen LogP contribution is 2.36. The molecule has 0 radical (unpaired) electrons. The number of amides is 1. The van der Waals surface area contributed by atoms with E-state index in [0.29, 0.717) is 55.3 Å². The summed E-state index contributed by atoms with van der Waals surface area (Å²) < 4.78 is 16.0. The minimum Gasteiger partial charge on any atom is -0.493 e. The van der Waals surface area contributed by atoms with Gasteiger partial charge >= 0.3 is 6.09 Å². The number of carbonyl (C=O) groups is 1. The van der Waals surface area contributed by atoms with Crippen molar-refractivity contribution in [1.29, 1.82) is 0 Å². The van der Waals surface area contributed by atoms with Crippen LogP contribution in [0.1, 0.15) is 32.3 Å². The average molecular weight is 427 g/mol. The fourth-order valence-electron chi connectivity index (χ4n) is 3.15.